The van der Waals surface area contributed by atoms with Crippen LogP contribution in [0, 0.1) is 0 Å². The van der Waals surface area contributed by atoms with Crippen LogP contribution >= 0.6 is 0 Å². The Kier molecular flexibility index (Phi) is 6.52. The molecule has 2 heterocycles. The number of pyridine rings is 1. The number of anilines is 1. The molecular weight excluding hydrogens is 302 g/mol. The summed E-state index contributed by atoms with van der Waals surface area (Å²) in [7, 11) is 0. The van der Waals surface area contributed by atoms with E-state index in [9.17, 15) is 9.59 Å². The number of aromatic nitrogens is 1. The molecule has 0 aromatic carbocycles. The molecular formula is C15H19N3O5. The monoisotopic (exact) mass is 321 g/mol. The Hall–Kier alpha value is -2.45. The summed E-state index contributed by atoms with van der Waals surface area (Å²) in [5, 5.41) is 10.9. The molecule has 1 fully saturated rings. The molecule has 1 aliphatic rings. The van der Waals surface area contributed by atoms with Gasteiger partial charge in [0, 0.05) is 37.9 Å². The zero-order valence-electron chi connectivity index (χ0n) is 12.6. The van der Waals surface area contributed by atoms with Crippen LogP contribution < -0.4 is 10.1 Å². The Bertz CT molecular complexity index is 553. The fourth-order valence-corrected chi connectivity index (χ4v) is 1.97. The van der Waals surface area contributed by atoms with Gasteiger partial charge in [0.25, 0.3) is 0 Å². The lowest BCUT2D eigenvalue weighted by Crippen LogP contribution is -2.38. The number of nitrogens with one attached hydrogen (secondary N) is 1. The van der Waals surface area contributed by atoms with E-state index >= 15 is 0 Å². The Morgan fingerprint density at radius 1 is 1.35 bits per heavy atom. The highest BCUT2D eigenvalue weighted by molar-refractivity contribution is 6.02. The zero-order valence-corrected chi connectivity index (χ0v) is 12.6. The van der Waals surface area contributed by atoms with Crippen molar-refractivity contribution in [1.29, 1.82) is 0 Å². The second-order valence-corrected chi connectivity index (χ2v) is 4.85. The second-order valence-electron chi connectivity index (χ2n) is 4.85. The molecule has 1 aromatic heterocycles. The number of nitrogens with zero attached hydrogens (tertiary/aromatic N) is 2. The highest BCUT2D eigenvalue weighted by Gasteiger charge is 2.09. The number of carboxylic acid groups (broad SMARTS) is 1. The first kappa shape index (κ1) is 16.9. The second kappa shape index (κ2) is 8.86. The third kappa shape index (κ3) is 6.45. The maximum Gasteiger partial charge on any atom is 0.328 e. The Morgan fingerprint density at radius 3 is 2.78 bits per heavy atom. The Balaban J connectivity index is 1.73. The fraction of sp³-hybridized carbons (Fsp3) is 0.400. The highest BCUT2D eigenvalue weighted by atomic mass is 16.5. The minimum atomic E-state index is -1.18. The first-order chi connectivity index (χ1) is 11.1. The van der Waals surface area contributed by atoms with Crippen LogP contribution in [0.3, 0.4) is 0 Å². The van der Waals surface area contributed by atoms with E-state index in [-0.39, 0.29) is 0 Å². The molecule has 0 bridgehead atoms. The van der Waals surface area contributed by atoms with Gasteiger partial charge in [-0.2, -0.15) is 0 Å². The molecule has 23 heavy (non-hydrogen) atoms. The van der Waals surface area contributed by atoms with Crippen LogP contribution in [0.5, 0.6) is 5.88 Å². The number of rotatable bonds is 7. The Labute approximate surface area is 133 Å². The van der Waals surface area contributed by atoms with Gasteiger partial charge in [0.2, 0.25) is 11.8 Å². The topological polar surface area (TPSA) is 101 Å². The van der Waals surface area contributed by atoms with Gasteiger partial charge in [-0.25, -0.2) is 9.78 Å². The molecule has 1 aromatic rings. The smallest absolute Gasteiger partial charge is 0.328 e. The van der Waals surface area contributed by atoms with Gasteiger partial charge >= 0.3 is 5.97 Å². The van der Waals surface area contributed by atoms with Crippen molar-refractivity contribution in [3.05, 3.63) is 30.5 Å². The maximum absolute atomic E-state index is 11.4. The van der Waals surface area contributed by atoms with Gasteiger partial charge in [-0.1, -0.05) is 0 Å². The van der Waals surface area contributed by atoms with Gasteiger partial charge in [0.1, 0.15) is 6.61 Å². The lowest BCUT2D eigenvalue weighted by Gasteiger charge is -2.26. The average molecular weight is 321 g/mol. The number of ether oxygens (including phenoxy) is 2. The molecule has 0 aliphatic carbocycles. The number of amides is 1. The first-order valence-corrected chi connectivity index (χ1v) is 7.24. The van der Waals surface area contributed by atoms with Crippen molar-refractivity contribution in [3.63, 3.8) is 0 Å². The molecule has 2 N–H and O–H groups in total. The van der Waals surface area contributed by atoms with Gasteiger partial charge < -0.3 is 19.9 Å². The van der Waals surface area contributed by atoms with Crippen LogP contribution in [0.1, 0.15) is 0 Å². The van der Waals surface area contributed by atoms with E-state index in [0.29, 0.717) is 18.2 Å². The van der Waals surface area contributed by atoms with E-state index in [0.717, 1.165) is 45.0 Å². The van der Waals surface area contributed by atoms with Crippen molar-refractivity contribution in [2.45, 2.75) is 0 Å². The largest absolute Gasteiger partial charge is 0.478 e. The van der Waals surface area contributed by atoms with E-state index in [4.69, 9.17) is 14.6 Å². The Morgan fingerprint density at radius 2 is 2.13 bits per heavy atom. The van der Waals surface area contributed by atoms with E-state index in [2.05, 4.69) is 15.2 Å². The van der Waals surface area contributed by atoms with Crippen molar-refractivity contribution in [3.8, 4) is 5.88 Å². The molecule has 1 amide bonds. The summed E-state index contributed by atoms with van der Waals surface area (Å²) in [6, 6.07) is 3.29. The molecule has 0 unspecified atom stereocenters. The number of carbonyl (C=O) groups excluding carboxylic acids is 1. The standard InChI is InChI=1S/C15H19N3O5/c19-13(2-4-15(20)21)17-12-1-3-14(16-11-12)23-10-7-18-5-8-22-9-6-18/h1-4,11H,5-10H2,(H,17,19)(H,20,21)/b4-2+. The third-order valence-corrected chi connectivity index (χ3v) is 3.14. The fourth-order valence-electron chi connectivity index (χ4n) is 1.97. The van der Waals surface area contributed by atoms with Crippen LogP contribution in [0.25, 0.3) is 0 Å². The maximum atomic E-state index is 11.4. The molecule has 8 heteroatoms. The average Bonchev–Trinajstić information content (AvgIpc) is 2.56. The quantitative estimate of drug-likeness (QED) is 0.700. The summed E-state index contributed by atoms with van der Waals surface area (Å²) >= 11 is 0. The SMILES string of the molecule is O=C(O)/C=C/C(=O)Nc1ccc(OCCN2CCOCC2)nc1. The van der Waals surface area contributed by atoms with Gasteiger partial charge in [-0.3, -0.25) is 9.69 Å². The molecule has 1 aliphatic heterocycles. The van der Waals surface area contributed by atoms with E-state index < -0.39 is 11.9 Å². The lowest BCUT2D eigenvalue weighted by molar-refractivity contribution is -0.131. The van der Waals surface area contributed by atoms with E-state index in [1.807, 2.05) is 0 Å². The minimum Gasteiger partial charge on any atom is -0.478 e. The summed E-state index contributed by atoms with van der Waals surface area (Å²) < 4.78 is 10.8. The van der Waals surface area contributed by atoms with E-state index in [1.54, 1.807) is 12.1 Å². The van der Waals surface area contributed by atoms with Crippen LogP contribution in [-0.2, 0) is 14.3 Å². The number of hydrogen-bond acceptors (Lipinski definition) is 6. The molecule has 0 atom stereocenters. The van der Waals surface area contributed by atoms with E-state index in [1.165, 1.54) is 6.20 Å². The van der Waals surface area contributed by atoms with Crippen molar-refractivity contribution in [2.75, 3.05) is 44.8 Å². The van der Waals surface area contributed by atoms with Crippen LogP contribution in [0.2, 0.25) is 0 Å². The normalized spacial score (nSPS) is 15.5. The van der Waals surface area contributed by atoms with Crippen molar-refractivity contribution in [2.24, 2.45) is 0 Å². The number of morpholine rings is 1. The number of hydrogen-bond donors (Lipinski definition) is 2. The highest BCUT2D eigenvalue weighted by Crippen LogP contribution is 2.11. The van der Waals surface area contributed by atoms with Gasteiger partial charge in [-0.15, -0.1) is 0 Å². The summed E-state index contributed by atoms with van der Waals surface area (Å²) in [5.74, 6) is -1.24. The van der Waals surface area contributed by atoms with Crippen molar-refractivity contribution in [1.82, 2.24) is 9.88 Å². The van der Waals surface area contributed by atoms with Crippen LogP contribution in [0.4, 0.5) is 5.69 Å². The number of carboxylic acids is 1. The molecule has 1 saturated heterocycles. The van der Waals surface area contributed by atoms with Crippen molar-refractivity contribution < 1.29 is 24.2 Å². The summed E-state index contributed by atoms with van der Waals surface area (Å²) in [6.45, 7) is 4.66. The summed E-state index contributed by atoms with van der Waals surface area (Å²) in [4.78, 5) is 28.1. The lowest BCUT2D eigenvalue weighted by atomic mass is 10.4. The zero-order chi connectivity index (χ0) is 16.5. The van der Waals surface area contributed by atoms with Gasteiger partial charge in [0.15, 0.2) is 0 Å². The number of aliphatic carboxylic acids is 1. The first-order valence-electron chi connectivity index (χ1n) is 7.24. The predicted octanol–water partition coefficient (Wildman–Crippen LogP) is 0.372. The predicted molar refractivity (Wildman–Crippen MR) is 82.4 cm³/mol. The number of carbonyl (C=O) groups is 2. The molecule has 2 rings (SSSR count). The van der Waals surface area contributed by atoms with Crippen molar-refractivity contribution >= 4 is 17.6 Å². The summed E-state index contributed by atoms with van der Waals surface area (Å²) in [5.41, 5.74) is 0.463. The molecule has 0 saturated carbocycles. The molecule has 8 nitrogen and oxygen atoms in total. The third-order valence-electron chi connectivity index (χ3n) is 3.14. The van der Waals surface area contributed by atoms with Crippen LogP contribution in [0.15, 0.2) is 30.5 Å². The molecule has 0 spiro atoms. The van der Waals surface area contributed by atoms with Gasteiger partial charge in [-0.05, 0) is 6.07 Å². The van der Waals surface area contributed by atoms with Crippen LogP contribution in [-0.4, -0.2) is 66.3 Å². The molecule has 124 valence electrons. The van der Waals surface area contributed by atoms with Gasteiger partial charge in [0.05, 0.1) is 25.1 Å². The summed E-state index contributed by atoms with van der Waals surface area (Å²) in [6.07, 6.45) is 3.16. The molecule has 0 radical (unpaired) electrons. The minimum absolute atomic E-state index is 0.463.